The molecule has 0 unspecified atom stereocenters. The van der Waals surface area contributed by atoms with Crippen LogP contribution in [0.3, 0.4) is 0 Å². The minimum Gasteiger partial charge on any atom is -0.478 e. The number of benzene rings is 2. The Labute approximate surface area is 167 Å². The summed E-state index contributed by atoms with van der Waals surface area (Å²) >= 11 is 9.27. The fourth-order valence-corrected chi connectivity index (χ4v) is 2.93. The normalized spacial score (nSPS) is 10.9. The number of nitrogens with one attached hydrogen (secondary N) is 1. The number of carbonyl (C=O) groups is 2. The summed E-state index contributed by atoms with van der Waals surface area (Å²) in [7, 11) is 0. The Hall–Kier alpha value is -2.90. The molecule has 0 aliphatic carbocycles. The minimum absolute atomic E-state index is 0.0176. The van der Waals surface area contributed by atoms with Crippen LogP contribution in [0.4, 0.5) is 0 Å². The van der Waals surface area contributed by atoms with Gasteiger partial charge in [-0.15, -0.1) is 0 Å². The van der Waals surface area contributed by atoms with Crippen molar-refractivity contribution in [1.29, 1.82) is 0 Å². The average molecular weight is 448 g/mol. The van der Waals surface area contributed by atoms with Gasteiger partial charge in [-0.25, -0.2) is 10.2 Å². The van der Waals surface area contributed by atoms with Crippen molar-refractivity contribution in [2.45, 2.75) is 0 Å². The Balaban J connectivity index is 1.69. The quantitative estimate of drug-likeness (QED) is 0.433. The third kappa shape index (κ3) is 4.64. The zero-order valence-electron chi connectivity index (χ0n) is 13.6. The van der Waals surface area contributed by atoms with Gasteiger partial charge in [0.2, 0.25) is 0 Å². The molecule has 27 heavy (non-hydrogen) atoms. The molecule has 2 aromatic carbocycles. The van der Waals surface area contributed by atoms with Crippen LogP contribution >= 0.6 is 27.5 Å². The van der Waals surface area contributed by atoms with Crippen LogP contribution in [0.25, 0.3) is 11.3 Å². The van der Waals surface area contributed by atoms with E-state index >= 15 is 0 Å². The summed E-state index contributed by atoms with van der Waals surface area (Å²) in [4.78, 5) is 23.0. The van der Waals surface area contributed by atoms with E-state index in [1.807, 2.05) is 6.07 Å². The lowest BCUT2D eigenvalue weighted by Gasteiger charge is -2.01. The van der Waals surface area contributed by atoms with Gasteiger partial charge in [-0.1, -0.05) is 39.7 Å². The fraction of sp³-hybridized carbons (Fsp3) is 0. The van der Waals surface area contributed by atoms with Crippen LogP contribution < -0.4 is 5.43 Å². The van der Waals surface area contributed by atoms with Crippen molar-refractivity contribution < 1.29 is 19.1 Å². The van der Waals surface area contributed by atoms with Gasteiger partial charge >= 0.3 is 5.97 Å². The van der Waals surface area contributed by atoms with Gasteiger partial charge < -0.3 is 9.52 Å². The number of amides is 1. The van der Waals surface area contributed by atoms with Gasteiger partial charge in [-0.2, -0.15) is 5.10 Å². The van der Waals surface area contributed by atoms with E-state index in [0.29, 0.717) is 22.6 Å². The Kier molecular flexibility index (Phi) is 5.73. The maximum atomic E-state index is 12.0. The lowest BCUT2D eigenvalue weighted by atomic mass is 10.1. The number of furan rings is 1. The first kappa shape index (κ1) is 18.9. The summed E-state index contributed by atoms with van der Waals surface area (Å²) in [5, 5.41) is 13.0. The molecule has 0 bridgehead atoms. The van der Waals surface area contributed by atoms with E-state index in [4.69, 9.17) is 21.1 Å². The van der Waals surface area contributed by atoms with Crippen molar-refractivity contribution in [2.24, 2.45) is 5.10 Å². The Morgan fingerprint density at radius 3 is 2.67 bits per heavy atom. The Morgan fingerprint density at radius 1 is 1.15 bits per heavy atom. The molecule has 0 aliphatic heterocycles. The molecule has 3 rings (SSSR count). The number of hydrogen-bond donors (Lipinski definition) is 2. The molecule has 8 heteroatoms. The largest absolute Gasteiger partial charge is 0.478 e. The van der Waals surface area contributed by atoms with Crippen molar-refractivity contribution in [3.63, 3.8) is 0 Å². The summed E-state index contributed by atoms with van der Waals surface area (Å²) in [6, 6.07) is 14.8. The molecule has 1 heterocycles. The third-order valence-electron chi connectivity index (χ3n) is 3.56. The van der Waals surface area contributed by atoms with E-state index < -0.39 is 5.97 Å². The maximum absolute atomic E-state index is 12.0. The summed E-state index contributed by atoms with van der Waals surface area (Å²) in [6.07, 6.45) is 1.37. The topological polar surface area (TPSA) is 91.9 Å². The Morgan fingerprint density at radius 2 is 1.96 bits per heavy atom. The standard InChI is InChI=1S/C19H12BrClN2O4/c20-13-3-1-2-12(8-13)18(24)23-22-10-14-5-7-17(27-14)11-4-6-15(19(25)26)16(21)9-11/h1-10H,(H,23,24)(H,25,26)/b22-10-. The van der Waals surface area contributed by atoms with E-state index in [2.05, 4.69) is 26.5 Å². The van der Waals surface area contributed by atoms with Gasteiger partial charge in [0.1, 0.15) is 11.5 Å². The predicted molar refractivity (Wildman–Crippen MR) is 105 cm³/mol. The minimum atomic E-state index is -1.10. The monoisotopic (exact) mass is 446 g/mol. The number of rotatable bonds is 5. The van der Waals surface area contributed by atoms with Crippen LogP contribution in [0, 0.1) is 0 Å². The number of halogens is 2. The molecule has 136 valence electrons. The van der Waals surface area contributed by atoms with Gasteiger partial charge in [0.25, 0.3) is 5.91 Å². The van der Waals surface area contributed by atoms with Gasteiger partial charge in [0.05, 0.1) is 16.8 Å². The van der Waals surface area contributed by atoms with E-state index in [9.17, 15) is 9.59 Å². The fourth-order valence-electron chi connectivity index (χ4n) is 2.27. The highest BCUT2D eigenvalue weighted by Crippen LogP contribution is 2.27. The van der Waals surface area contributed by atoms with E-state index in [-0.39, 0.29) is 16.5 Å². The molecular formula is C19H12BrClN2O4. The number of carboxylic acid groups (broad SMARTS) is 1. The molecule has 0 spiro atoms. The van der Waals surface area contributed by atoms with Crippen LogP contribution in [0.1, 0.15) is 26.5 Å². The summed E-state index contributed by atoms with van der Waals surface area (Å²) < 4.78 is 6.41. The number of aromatic carboxylic acids is 1. The number of hydrazone groups is 1. The second-order valence-electron chi connectivity index (χ2n) is 5.41. The molecule has 3 aromatic rings. The molecule has 1 amide bonds. The molecule has 0 radical (unpaired) electrons. The number of carbonyl (C=O) groups excluding carboxylic acids is 1. The molecule has 0 saturated heterocycles. The lowest BCUT2D eigenvalue weighted by Crippen LogP contribution is -2.17. The van der Waals surface area contributed by atoms with Gasteiger partial charge in [0, 0.05) is 15.6 Å². The van der Waals surface area contributed by atoms with Crippen LogP contribution in [0.15, 0.2) is 68.6 Å². The van der Waals surface area contributed by atoms with E-state index in [1.54, 1.807) is 36.4 Å². The molecule has 0 fully saturated rings. The summed E-state index contributed by atoms with van der Waals surface area (Å²) in [5.74, 6) is -0.540. The van der Waals surface area contributed by atoms with Crippen molar-refractivity contribution in [3.05, 3.63) is 81.0 Å². The molecular weight excluding hydrogens is 436 g/mol. The zero-order valence-corrected chi connectivity index (χ0v) is 16.0. The smallest absolute Gasteiger partial charge is 0.337 e. The predicted octanol–water partition coefficient (Wildman–Crippen LogP) is 4.82. The Bertz CT molecular complexity index is 1050. The molecule has 0 aliphatic rings. The number of carboxylic acids is 1. The number of nitrogens with zero attached hydrogens (tertiary/aromatic N) is 1. The molecule has 6 nitrogen and oxygen atoms in total. The van der Waals surface area contributed by atoms with E-state index in [1.165, 1.54) is 18.3 Å². The highest BCUT2D eigenvalue weighted by atomic mass is 79.9. The van der Waals surface area contributed by atoms with Crippen molar-refractivity contribution in [1.82, 2.24) is 5.43 Å². The zero-order chi connectivity index (χ0) is 19.4. The molecule has 0 atom stereocenters. The lowest BCUT2D eigenvalue weighted by molar-refractivity contribution is 0.0696. The van der Waals surface area contributed by atoms with E-state index in [0.717, 1.165) is 4.47 Å². The van der Waals surface area contributed by atoms with Gasteiger partial charge in [-0.3, -0.25) is 4.79 Å². The average Bonchev–Trinajstić information content (AvgIpc) is 3.10. The second-order valence-corrected chi connectivity index (χ2v) is 6.73. The second kappa shape index (κ2) is 8.20. The highest BCUT2D eigenvalue weighted by molar-refractivity contribution is 9.10. The van der Waals surface area contributed by atoms with Crippen LogP contribution in [0.2, 0.25) is 5.02 Å². The highest BCUT2D eigenvalue weighted by Gasteiger charge is 2.11. The van der Waals surface area contributed by atoms with Crippen LogP contribution in [-0.2, 0) is 0 Å². The summed E-state index contributed by atoms with van der Waals surface area (Å²) in [5.41, 5.74) is 3.53. The van der Waals surface area contributed by atoms with Crippen molar-refractivity contribution in [2.75, 3.05) is 0 Å². The SMILES string of the molecule is O=C(N/N=C\c1ccc(-c2ccc(C(=O)O)c(Cl)c2)o1)c1cccc(Br)c1. The first-order valence-electron chi connectivity index (χ1n) is 7.66. The maximum Gasteiger partial charge on any atom is 0.337 e. The van der Waals surface area contributed by atoms with Gasteiger partial charge in [-0.05, 0) is 42.5 Å². The third-order valence-corrected chi connectivity index (χ3v) is 4.36. The first-order chi connectivity index (χ1) is 12.9. The van der Waals surface area contributed by atoms with Crippen molar-refractivity contribution in [3.8, 4) is 11.3 Å². The molecule has 0 saturated carbocycles. The molecule has 1 aromatic heterocycles. The van der Waals surface area contributed by atoms with Crippen LogP contribution in [0.5, 0.6) is 0 Å². The first-order valence-corrected chi connectivity index (χ1v) is 8.83. The summed E-state index contributed by atoms with van der Waals surface area (Å²) in [6.45, 7) is 0. The molecule has 2 N–H and O–H groups in total. The number of hydrogen-bond acceptors (Lipinski definition) is 4. The van der Waals surface area contributed by atoms with Gasteiger partial charge in [0.15, 0.2) is 0 Å². The van der Waals surface area contributed by atoms with Crippen LogP contribution in [-0.4, -0.2) is 23.2 Å². The van der Waals surface area contributed by atoms with Crippen molar-refractivity contribution >= 4 is 45.6 Å².